The molecule has 3 fully saturated rings. The van der Waals surface area contributed by atoms with Gasteiger partial charge in [-0.25, -0.2) is 9.97 Å². The molecule has 3 aromatic rings. The molecule has 2 aromatic heterocycles. The Kier molecular flexibility index (Phi) is 5.75. The second-order valence-corrected chi connectivity index (χ2v) is 8.42. The molecule has 1 amide bonds. The van der Waals surface area contributed by atoms with Crippen molar-refractivity contribution in [3.05, 3.63) is 60.0 Å². The summed E-state index contributed by atoms with van der Waals surface area (Å²) in [5.74, 6) is 1.36. The van der Waals surface area contributed by atoms with Gasteiger partial charge in [-0.3, -0.25) is 4.79 Å². The van der Waals surface area contributed by atoms with E-state index in [1.165, 1.54) is 18.4 Å². The summed E-state index contributed by atoms with van der Waals surface area (Å²) in [6, 6.07) is 13.4. The molecule has 3 aliphatic rings. The molecule has 0 saturated carbocycles. The minimum atomic E-state index is 0. The van der Waals surface area contributed by atoms with Crippen LogP contribution in [0.25, 0.3) is 11.2 Å². The van der Waals surface area contributed by atoms with Crippen molar-refractivity contribution in [2.45, 2.75) is 31.5 Å². The first-order valence-electron chi connectivity index (χ1n) is 10.2. The van der Waals surface area contributed by atoms with Crippen molar-refractivity contribution >= 4 is 41.9 Å². The van der Waals surface area contributed by atoms with Gasteiger partial charge in [0.15, 0.2) is 5.65 Å². The van der Waals surface area contributed by atoms with E-state index in [0.717, 1.165) is 30.8 Å². The predicted octanol–water partition coefficient (Wildman–Crippen LogP) is 3.15. The molecule has 158 valence electrons. The number of nitrogens with one attached hydrogen (secondary N) is 1. The van der Waals surface area contributed by atoms with Gasteiger partial charge in [0.2, 0.25) is 0 Å². The van der Waals surface area contributed by atoms with Gasteiger partial charge in [0, 0.05) is 31.4 Å². The van der Waals surface area contributed by atoms with Gasteiger partial charge >= 0.3 is 0 Å². The minimum Gasteiger partial charge on any atom is -0.338 e. The Labute approximate surface area is 187 Å². The van der Waals surface area contributed by atoms with E-state index in [0.29, 0.717) is 29.5 Å². The second-order valence-electron chi connectivity index (χ2n) is 8.42. The number of rotatable bonds is 3. The van der Waals surface area contributed by atoms with Crippen LogP contribution in [0.4, 0.5) is 0 Å². The first-order valence-corrected chi connectivity index (χ1v) is 10.2. The zero-order valence-electron chi connectivity index (χ0n) is 16.5. The third-order valence-electron chi connectivity index (χ3n) is 6.85. The zero-order valence-corrected chi connectivity index (χ0v) is 18.1. The molecule has 1 N–H and O–H groups in total. The third-order valence-corrected chi connectivity index (χ3v) is 6.85. The number of hydrogen-bond donors (Lipinski definition) is 1. The van der Waals surface area contributed by atoms with Crippen molar-refractivity contribution in [2.24, 2.45) is 11.8 Å². The van der Waals surface area contributed by atoms with Gasteiger partial charge in [-0.05, 0) is 36.3 Å². The molecule has 2 bridgehead atoms. The average molecular weight is 446 g/mol. The largest absolute Gasteiger partial charge is 0.338 e. The summed E-state index contributed by atoms with van der Waals surface area (Å²) in [5, 5.41) is 3.71. The highest BCUT2D eigenvalue weighted by atomic mass is 35.5. The van der Waals surface area contributed by atoms with Crippen molar-refractivity contribution in [1.29, 1.82) is 0 Å². The first kappa shape index (κ1) is 21.1. The summed E-state index contributed by atoms with van der Waals surface area (Å²) in [7, 11) is 0. The second kappa shape index (κ2) is 8.17. The van der Waals surface area contributed by atoms with Crippen molar-refractivity contribution in [1.82, 2.24) is 24.8 Å². The van der Waals surface area contributed by atoms with E-state index in [1.54, 1.807) is 6.20 Å². The number of imidazole rings is 1. The number of carbonyl (C=O) groups excluding carboxylic acids is 1. The van der Waals surface area contributed by atoms with Gasteiger partial charge in [-0.1, -0.05) is 30.3 Å². The van der Waals surface area contributed by atoms with Gasteiger partial charge in [0.05, 0.1) is 18.4 Å². The molecular formula is C22H25Cl2N5O. The third kappa shape index (κ3) is 3.37. The number of pyridine rings is 1. The smallest absolute Gasteiger partial charge is 0.255 e. The van der Waals surface area contributed by atoms with E-state index in [-0.39, 0.29) is 30.7 Å². The highest BCUT2D eigenvalue weighted by molar-refractivity contribution is 5.96. The van der Waals surface area contributed by atoms with E-state index in [1.807, 2.05) is 40.1 Å². The van der Waals surface area contributed by atoms with Crippen LogP contribution in [0.2, 0.25) is 0 Å². The van der Waals surface area contributed by atoms with Gasteiger partial charge in [-0.2, -0.15) is 0 Å². The average Bonchev–Trinajstić information content (AvgIpc) is 3.49. The van der Waals surface area contributed by atoms with Crippen LogP contribution in [-0.2, 0) is 6.54 Å². The molecule has 30 heavy (non-hydrogen) atoms. The van der Waals surface area contributed by atoms with Gasteiger partial charge in [0.1, 0.15) is 5.52 Å². The molecule has 8 heteroatoms. The molecule has 3 aliphatic heterocycles. The molecule has 0 aliphatic carbocycles. The minimum absolute atomic E-state index is 0. The predicted molar refractivity (Wildman–Crippen MR) is 120 cm³/mol. The number of halogens is 2. The molecule has 5 heterocycles. The number of amides is 1. The Bertz CT molecular complexity index is 1040. The van der Waals surface area contributed by atoms with Crippen molar-refractivity contribution in [3.8, 4) is 0 Å². The van der Waals surface area contributed by atoms with Crippen LogP contribution in [0.5, 0.6) is 0 Å². The molecule has 0 radical (unpaired) electrons. The summed E-state index contributed by atoms with van der Waals surface area (Å²) < 4.78 is 2.03. The Morgan fingerprint density at radius 2 is 1.73 bits per heavy atom. The summed E-state index contributed by atoms with van der Waals surface area (Å²) in [6.07, 6.45) is 6.05. The maximum absolute atomic E-state index is 13.1. The van der Waals surface area contributed by atoms with Crippen LogP contribution in [0.3, 0.4) is 0 Å². The Hall–Kier alpha value is -2.15. The number of fused-ring (bicyclic) bond motifs is 6. The topological polar surface area (TPSA) is 63.1 Å². The number of benzene rings is 1. The maximum Gasteiger partial charge on any atom is 0.255 e. The van der Waals surface area contributed by atoms with Crippen LogP contribution in [-0.4, -0.2) is 50.5 Å². The van der Waals surface area contributed by atoms with E-state index in [9.17, 15) is 4.79 Å². The molecule has 1 aromatic carbocycles. The lowest BCUT2D eigenvalue weighted by Gasteiger charge is -2.19. The monoisotopic (exact) mass is 445 g/mol. The molecule has 6 nitrogen and oxygen atoms in total. The lowest BCUT2D eigenvalue weighted by atomic mass is 9.82. The van der Waals surface area contributed by atoms with Gasteiger partial charge in [-0.15, -0.1) is 24.8 Å². The SMILES string of the molecule is Cl.Cl.O=C(c1cnc2c(c1)ncn2Cc1ccccc1)N1C[C@@H]2[C@H](C1)[C@@H]1CC[C@H]2N1. The van der Waals surface area contributed by atoms with Crippen LogP contribution >= 0.6 is 24.8 Å². The van der Waals surface area contributed by atoms with Gasteiger partial charge < -0.3 is 14.8 Å². The quantitative estimate of drug-likeness (QED) is 0.672. The van der Waals surface area contributed by atoms with Crippen molar-refractivity contribution in [2.75, 3.05) is 13.1 Å². The normalized spacial score (nSPS) is 26.3. The van der Waals surface area contributed by atoms with Crippen LogP contribution < -0.4 is 5.32 Å². The number of aromatic nitrogens is 3. The molecule has 6 rings (SSSR count). The molecule has 0 unspecified atom stereocenters. The lowest BCUT2D eigenvalue weighted by Crippen LogP contribution is -2.34. The molecular weight excluding hydrogens is 421 g/mol. The first-order chi connectivity index (χ1) is 13.8. The van der Waals surface area contributed by atoms with E-state index in [4.69, 9.17) is 0 Å². The Morgan fingerprint density at radius 1 is 1.03 bits per heavy atom. The number of nitrogens with zero attached hydrogens (tertiary/aromatic N) is 4. The summed E-state index contributed by atoms with van der Waals surface area (Å²) >= 11 is 0. The number of likely N-dealkylation sites (tertiary alicyclic amines) is 1. The fourth-order valence-electron chi connectivity index (χ4n) is 5.49. The van der Waals surface area contributed by atoms with Crippen LogP contribution in [0.15, 0.2) is 48.9 Å². The van der Waals surface area contributed by atoms with E-state index < -0.39 is 0 Å². The highest BCUT2D eigenvalue weighted by Gasteiger charge is 2.52. The number of hydrogen-bond acceptors (Lipinski definition) is 4. The fourth-order valence-corrected chi connectivity index (χ4v) is 5.49. The summed E-state index contributed by atoms with van der Waals surface area (Å²) in [4.78, 5) is 24.2. The Balaban J connectivity index is 0.00000109. The molecule has 3 saturated heterocycles. The Morgan fingerprint density at radius 3 is 2.43 bits per heavy atom. The van der Waals surface area contributed by atoms with E-state index >= 15 is 0 Å². The lowest BCUT2D eigenvalue weighted by molar-refractivity contribution is 0.0778. The van der Waals surface area contributed by atoms with Crippen LogP contribution in [0.1, 0.15) is 28.8 Å². The van der Waals surface area contributed by atoms with Crippen LogP contribution in [0, 0.1) is 11.8 Å². The zero-order chi connectivity index (χ0) is 18.7. The van der Waals surface area contributed by atoms with E-state index in [2.05, 4.69) is 27.4 Å². The summed E-state index contributed by atoms with van der Waals surface area (Å²) in [6.45, 7) is 2.47. The number of carbonyl (C=O) groups is 1. The molecule has 4 atom stereocenters. The van der Waals surface area contributed by atoms with Gasteiger partial charge in [0.25, 0.3) is 5.91 Å². The standard InChI is InChI=1S/C22H23N5O.2ClH/c28-22(26-11-16-17(12-26)19-7-6-18(16)25-19)15-8-20-21(23-9-15)27(13-24-20)10-14-4-2-1-3-5-14;;/h1-5,8-9,13,16-19,25H,6-7,10-12H2;2*1H/t16-,17+,18-,19+;;. The fraction of sp³-hybridized carbons (Fsp3) is 0.409. The van der Waals surface area contributed by atoms with Crippen molar-refractivity contribution in [3.63, 3.8) is 0 Å². The highest BCUT2D eigenvalue weighted by Crippen LogP contribution is 2.43. The van der Waals surface area contributed by atoms with Crippen molar-refractivity contribution < 1.29 is 4.79 Å². The summed E-state index contributed by atoms with van der Waals surface area (Å²) in [5.41, 5.74) is 3.46. The molecule has 0 spiro atoms. The maximum atomic E-state index is 13.1.